The molecule has 0 heterocycles. The van der Waals surface area contributed by atoms with Crippen LogP contribution in [0.5, 0.6) is 0 Å². The lowest BCUT2D eigenvalue weighted by Gasteiger charge is -2.06. The molecule has 3 nitrogen and oxygen atoms in total. The van der Waals surface area contributed by atoms with Crippen LogP contribution < -0.4 is 0 Å². The van der Waals surface area contributed by atoms with Crippen LogP contribution in [-0.2, 0) is 4.74 Å². The Balaban J connectivity index is 3.28. The van der Waals surface area contributed by atoms with E-state index in [0.717, 1.165) is 0 Å². The highest BCUT2D eigenvalue weighted by atomic mass is 127. The molecule has 1 aromatic carbocycles. The van der Waals surface area contributed by atoms with E-state index in [4.69, 9.17) is 10.00 Å². The second-order valence-electron chi connectivity index (χ2n) is 2.62. The average Bonchev–Trinajstić information content (AvgIpc) is 2.18. The minimum Gasteiger partial charge on any atom is -0.462 e. The molecule has 0 N–H and O–H groups in total. The normalized spacial score (nSPS) is 9.47. The fourth-order valence-corrected chi connectivity index (χ4v) is 1.67. The second kappa shape index (κ2) is 5.07. The molecule has 0 bridgehead atoms. The molecule has 0 spiro atoms. The molecule has 0 atom stereocenters. The van der Waals surface area contributed by atoms with E-state index in [1.54, 1.807) is 13.0 Å². The minimum absolute atomic E-state index is 0.154. The molecule has 0 aliphatic heterocycles. The number of rotatable bonds is 2. The molecule has 0 unspecified atom stereocenters. The number of nitriles is 1. The molecule has 0 saturated carbocycles. The molecule has 0 aromatic heterocycles. The summed E-state index contributed by atoms with van der Waals surface area (Å²) in [6.45, 7) is 1.81. The van der Waals surface area contributed by atoms with Gasteiger partial charge in [0.15, 0.2) is 5.82 Å². The van der Waals surface area contributed by atoms with E-state index < -0.39 is 11.8 Å². The van der Waals surface area contributed by atoms with E-state index in [1.807, 2.05) is 22.6 Å². The highest BCUT2D eigenvalue weighted by molar-refractivity contribution is 14.1. The summed E-state index contributed by atoms with van der Waals surface area (Å²) in [5, 5.41) is 8.60. The molecular weight excluding hydrogens is 312 g/mol. The van der Waals surface area contributed by atoms with Crippen molar-refractivity contribution in [2.45, 2.75) is 6.92 Å². The number of nitrogens with zero attached hydrogens (tertiary/aromatic N) is 1. The first-order valence-corrected chi connectivity index (χ1v) is 5.25. The fourth-order valence-electron chi connectivity index (χ4n) is 1.03. The van der Waals surface area contributed by atoms with Crippen molar-refractivity contribution in [2.24, 2.45) is 0 Å². The van der Waals surface area contributed by atoms with Crippen molar-refractivity contribution in [1.82, 2.24) is 0 Å². The van der Waals surface area contributed by atoms with Gasteiger partial charge in [-0.05, 0) is 41.6 Å². The average molecular weight is 319 g/mol. The summed E-state index contributed by atoms with van der Waals surface area (Å²) in [6, 6.07) is 4.52. The van der Waals surface area contributed by atoms with Crippen LogP contribution in [0.3, 0.4) is 0 Å². The number of carbonyl (C=O) groups excluding carboxylic acids is 1. The zero-order valence-corrected chi connectivity index (χ0v) is 10.0. The third kappa shape index (κ3) is 2.45. The van der Waals surface area contributed by atoms with E-state index >= 15 is 0 Å². The quantitative estimate of drug-likeness (QED) is 0.622. The van der Waals surface area contributed by atoms with Gasteiger partial charge in [0.1, 0.15) is 11.6 Å². The van der Waals surface area contributed by atoms with Gasteiger partial charge in [-0.15, -0.1) is 0 Å². The van der Waals surface area contributed by atoms with Gasteiger partial charge in [0.25, 0.3) is 0 Å². The fraction of sp³-hybridized carbons (Fsp3) is 0.200. The van der Waals surface area contributed by atoms with Crippen molar-refractivity contribution in [3.8, 4) is 6.07 Å². The third-order valence-corrected chi connectivity index (χ3v) is 2.59. The lowest BCUT2D eigenvalue weighted by molar-refractivity contribution is 0.0519. The first-order chi connectivity index (χ1) is 7.11. The lowest BCUT2D eigenvalue weighted by Crippen LogP contribution is -2.10. The molecule has 0 radical (unpaired) electrons. The van der Waals surface area contributed by atoms with Gasteiger partial charge < -0.3 is 4.74 Å². The smallest absolute Gasteiger partial charge is 0.342 e. The van der Waals surface area contributed by atoms with Crippen LogP contribution in [0.25, 0.3) is 0 Å². The third-order valence-electron chi connectivity index (χ3n) is 1.69. The molecule has 0 aliphatic rings. The summed E-state index contributed by atoms with van der Waals surface area (Å²) in [4.78, 5) is 11.4. The summed E-state index contributed by atoms with van der Waals surface area (Å²) in [7, 11) is 0. The standard InChI is InChI=1S/C10H7FINO2/c1-2-15-10(14)8-7(12)4-3-6(5-13)9(8)11/h3-4H,2H2,1H3. The number of esters is 1. The van der Waals surface area contributed by atoms with Crippen LogP contribution in [0.2, 0.25) is 0 Å². The molecular formula is C10H7FINO2. The van der Waals surface area contributed by atoms with E-state index in [2.05, 4.69) is 0 Å². The number of ether oxygens (including phenoxy) is 1. The van der Waals surface area contributed by atoms with Crippen molar-refractivity contribution < 1.29 is 13.9 Å². The maximum Gasteiger partial charge on any atom is 0.342 e. The number of hydrogen-bond donors (Lipinski definition) is 0. The van der Waals surface area contributed by atoms with E-state index in [-0.39, 0.29) is 17.7 Å². The van der Waals surface area contributed by atoms with Gasteiger partial charge in [0.2, 0.25) is 0 Å². The van der Waals surface area contributed by atoms with Gasteiger partial charge >= 0.3 is 5.97 Å². The van der Waals surface area contributed by atoms with Crippen LogP contribution in [0.15, 0.2) is 12.1 Å². The Morgan fingerprint density at radius 2 is 2.33 bits per heavy atom. The summed E-state index contributed by atoms with van der Waals surface area (Å²) < 4.78 is 18.7. The highest BCUT2D eigenvalue weighted by Crippen LogP contribution is 2.20. The Hall–Kier alpha value is -1.16. The SMILES string of the molecule is CCOC(=O)c1c(I)ccc(C#N)c1F. The van der Waals surface area contributed by atoms with Crippen molar-refractivity contribution in [3.63, 3.8) is 0 Å². The Morgan fingerprint density at radius 1 is 1.67 bits per heavy atom. The first kappa shape index (κ1) is 11.9. The zero-order valence-electron chi connectivity index (χ0n) is 7.88. The van der Waals surface area contributed by atoms with Crippen LogP contribution >= 0.6 is 22.6 Å². The molecule has 78 valence electrons. The predicted octanol–water partition coefficient (Wildman–Crippen LogP) is 2.48. The largest absolute Gasteiger partial charge is 0.462 e. The van der Waals surface area contributed by atoms with Crippen LogP contribution in [0, 0.1) is 20.7 Å². The second-order valence-corrected chi connectivity index (χ2v) is 3.78. The summed E-state index contributed by atoms with van der Waals surface area (Å²) in [5.41, 5.74) is -0.324. The maximum absolute atomic E-state index is 13.6. The van der Waals surface area contributed by atoms with Gasteiger partial charge in [0, 0.05) is 3.57 Å². The van der Waals surface area contributed by atoms with Gasteiger partial charge in [-0.3, -0.25) is 0 Å². The molecule has 0 fully saturated rings. The van der Waals surface area contributed by atoms with E-state index in [9.17, 15) is 9.18 Å². The van der Waals surface area contributed by atoms with Crippen molar-refractivity contribution in [2.75, 3.05) is 6.61 Å². The molecule has 0 aliphatic carbocycles. The van der Waals surface area contributed by atoms with Gasteiger partial charge in [-0.1, -0.05) is 0 Å². The summed E-state index contributed by atoms with van der Waals surface area (Å²) >= 11 is 1.82. The topological polar surface area (TPSA) is 50.1 Å². The zero-order chi connectivity index (χ0) is 11.4. The molecule has 0 saturated heterocycles. The van der Waals surface area contributed by atoms with Crippen LogP contribution in [0.4, 0.5) is 4.39 Å². The maximum atomic E-state index is 13.6. The molecule has 1 aromatic rings. The van der Waals surface area contributed by atoms with Crippen LogP contribution in [-0.4, -0.2) is 12.6 Å². The minimum atomic E-state index is -0.817. The van der Waals surface area contributed by atoms with Gasteiger partial charge in [-0.25, -0.2) is 9.18 Å². The molecule has 5 heteroatoms. The van der Waals surface area contributed by atoms with E-state index in [1.165, 1.54) is 12.1 Å². The molecule has 1 rings (SSSR count). The monoisotopic (exact) mass is 319 g/mol. The highest BCUT2D eigenvalue weighted by Gasteiger charge is 2.19. The Bertz CT molecular complexity index is 440. The van der Waals surface area contributed by atoms with Crippen LogP contribution in [0.1, 0.15) is 22.8 Å². The molecule has 15 heavy (non-hydrogen) atoms. The van der Waals surface area contributed by atoms with Gasteiger partial charge in [-0.2, -0.15) is 5.26 Å². The predicted molar refractivity (Wildman–Crippen MR) is 59.8 cm³/mol. The lowest BCUT2D eigenvalue weighted by atomic mass is 10.1. The van der Waals surface area contributed by atoms with Crippen molar-refractivity contribution in [1.29, 1.82) is 5.26 Å². The number of benzene rings is 1. The van der Waals surface area contributed by atoms with Crippen molar-refractivity contribution in [3.05, 3.63) is 32.6 Å². The number of halogens is 2. The Labute approximate surface area is 100.0 Å². The number of carbonyl (C=O) groups is 1. The van der Waals surface area contributed by atoms with Crippen molar-refractivity contribution >= 4 is 28.6 Å². The van der Waals surface area contributed by atoms with Gasteiger partial charge in [0.05, 0.1) is 12.2 Å². The Morgan fingerprint density at radius 3 is 2.87 bits per heavy atom. The van der Waals surface area contributed by atoms with E-state index in [0.29, 0.717) is 3.57 Å². The first-order valence-electron chi connectivity index (χ1n) is 4.17. The summed E-state index contributed by atoms with van der Waals surface area (Å²) in [5.74, 6) is -1.56. The summed E-state index contributed by atoms with van der Waals surface area (Å²) in [6.07, 6.45) is 0. The Kier molecular flexibility index (Phi) is 4.03. The molecule has 0 amide bonds. The number of hydrogen-bond acceptors (Lipinski definition) is 3.